The summed E-state index contributed by atoms with van der Waals surface area (Å²) in [5.74, 6) is 0. The maximum Gasteiger partial charge on any atom is 0.0631 e. The van der Waals surface area contributed by atoms with Gasteiger partial charge in [-0.3, -0.25) is 0 Å². The minimum absolute atomic E-state index is 0.0804. The summed E-state index contributed by atoms with van der Waals surface area (Å²) in [7, 11) is 0. The number of aliphatic hydroxyl groups is 1. The molecule has 0 aromatic carbocycles. The van der Waals surface area contributed by atoms with Crippen molar-refractivity contribution >= 4 is 0 Å². The molecule has 1 N–H and O–H groups in total. The van der Waals surface area contributed by atoms with Gasteiger partial charge >= 0.3 is 0 Å². The summed E-state index contributed by atoms with van der Waals surface area (Å²) in [5, 5.41) is 9.37. The van der Waals surface area contributed by atoms with Gasteiger partial charge in [-0.15, -0.1) is 0 Å². The van der Waals surface area contributed by atoms with Crippen LogP contribution in [0.3, 0.4) is 0 Å². The van der Waals surface area contributed by atoms with Crippen LogP contribution < -0.4 is 0 Å². The molecule has 1 heteroatoms. The molecule has 0 radical (unpaired) electrons. The van der Waals surface area contributed by atoms with E-state index in [1.165, 1.54) is 5.57 Å². The maximum absolute atomic E-state index is 9.37. The van der Waals surface area contributed by atoms with Crippen LogP contribution in [0, 0.1) is 5.41 Å². The van der Waals surface area contributed by atoms with Crippen molar-refractivity contribution in [3.05, 3.63) is 12.2 Å². The molecule has 0 aromatic heterocycles. The Morgan fingerprint density at radius 1 is 1.67 bits per heavy atom. The van der Waals surface area contributed by atoms with Crippen LogP contribution in [0.5, 0.6) is 0 Å². The molecule has 1 aliphatic carbocycles. The maximum atomic E-state index is 9.37. The number of hydrogen-bond donors (Lipinski definition) is 1. The van der Waals surface area contributed by atoms with Crippen LogP contribution in [0.4, 0.5) is 0 Å². The zero-order valence-corrected chi connectivity index (χ0v) is 6.15. The lowest BCUT2D eigenvalue weighted by Crippen LogP contribution is -2.21. The van der Waals surface area contributed by atoms with Gasteiger partial charge in [-0.2, -0.15) is 0 Å². The van der Waals surface area contributed by atoms with Crippen LogP contribution >= 0.6 is 0 Å². The molecule has 1 nitrogen and oxygen atoms in total. The van der Waals surface area contributed by atoms with E-state index in [-0.39, 0.29) is 11.5 Å². The zero-order chi connectivity index (χ0) is 7.07. The Labute approximate surface area is 56.4 Å². The molecule has 0 aromatic rings. The molecule has 0 heterocycles. The topological polar surface area (TPSA) is 20.2 Å². The van der Waals surface area contributed by atoms with Crippen molar-refractivity contribution in [3.63, 3.8) is 0 Å². The van der Waals surface area contributed by atoms with E-state index >= 15 is 0 Å². The molecule has 0 amide bonds. The molecule has 1 fully saturated rings. The largest absolute Gasteiger partial charge is 0.392 e. The first-order chi connectivity index (χ1) is 4.02. The van der Waals surface area contributed by atoms with E-state index in [1.807, 2.05) is 0 Å². The fourth-order valence-electron chi connectivity index (χ4n) is 1.38. The highest BCUT2D eigenvalue weighted by atomic mass is 16.3. The average Bonchev–Trinajstić information content (AvgIpc) is 1.79. The lowest BCUT2D eigenvalue weighted by atomic mass is 9.89. The fraction of sp³-hybridized carbons (Fsp3) is 0.750. The van der Waals surface area contributed by atoms with Gasteiger partial charge in [-0.1, -0.05) is 26.0 Å². The minimum atomic E-state index is -0.162. The zero-order valence-electron chi connectivity index (χ0n) is 6.15. The average molecular weight is 126 g/mol. The van der Waals surface area contributed by atoms with Gasteiger partial charge in [0.25, 0.3) is 0 Å². The van der Waals surface area contributed by atoms with Crippen molar-refractivity contribution in [2.24, 2.45) is 5.41 Å². The van der Waals surface area contributed by atoms with Crippen molar-refractivity contribution in [1.82, 2.24) is 0 Å². The van der Waals surface area contributed by atoms with Crippen LogP contribution in [-0.2, 0) is 0 Å². The van der Waals surface area contributed by atoms with Crippen molar-refractivity contribution < 1.29 is 5.11 Å². The second-order valence-corrected chi connectivity index (χ2v) is 3.64. The minimum Gasteiger partial charge on any atom is -0.392 e. The number of aliphatic hydroxyl groups excluding tert-OH is 1. The molecular weight excluding hydrogens is 112 g/mol. The lowest BCUT2D eigenvalue weighted by Gasteiger charge is -2.20. The van der Waals surface area contributed by atoms with Crippen molar-refractivity contribution in [2.45, 2.75) is 32.8 Å². The Bertz CT molecular complexity index is 136. The van der Waals surface area contributed by atoms with Gasteiger partial charge in [0.1, 0.15) is 0 Å². The number of hydrogen-bond acceptors (Lipinski definition) is 1. The first-order valence-corrected chi connectivity index (χ1v) is 3.37. The Morgan fingerprint density at radius 3 is 2.33 bits per heavy atom. The molecule has 1 unspecified atom stereocenters. The highest BCUT2D eigenvalue weighted by molar-refractivity contribution is 5.09. The quantitative estimate of drug-likeness (QED) is 0.490. The summed E-state index contributed by atoms with van der Waals surface area (Å²) in [4.78, 5) is 0. The molecule has 1 saturated carbocycles. The number of rotatable bonds is 0. The van der Waals surface area contributed by atoms with E-state index in [0.29, 0.717) is 0 Å². The highest BCUT2D eigenvalue weighted by Crippen LogP contribution is 2.39. The summed E-state index contributed by atoms with van der Waals surface area (Å²) < 4.78 is 0. The van der Waals surface area contributed by atoms with E-state index in [9.17, 15) is 5.11 Å². The van der Waals surface area contributed by atoms with Crippen molar-refractivity contribution in [1.29, 1.82) is 0 Å². The van der Waals surface area contributed by atoms with Gasteiger partial charge in [0.15, 0.2) is 0 Å². The summed E-state index contributed by atoms with van der Waals surface area (Å²) in [6.45, 7) is 8.00. The van der Waals surface area contributed by atoms with Crippen molar-refractivity contribution in [3.8, 4) is 0 Å². The van der Waals surface area contributed by atoms with Crippen LogP contribution in [0.2, 0.25) is 0 Å². The summed E-state index contributed by atoms with van der Waals surface area (Å²) in [6.07, 6.45) is 1.62. The first kappa shape index (κ1) is 6.81. The summed E-state index contributed by atoms with van der Waals surface area (Å²) in [6, 6.07) is 0. The lowest BCUT2D eigenvalue weighted by molar-refractivity contribution is 0.0799. The predicted molar refractivity (Wildman–Crippen MR) is 38.2 cm³/mol. The predicted octanol–water partition coefficient (Wildman–Crippen LogP) is 1.72. The monoisotopic (exact) mass is 126 g/mol. The molecule has 0 bridgehead atoms. The van der Waals surface area contributed by atoms with Gasteiger partial charge in [-0.05, 0) is 18.3 Å². The molecule has 0 spiro atoms. The van der Waals surface area contributed by atoms with Crippen LogP contribution in [0.1, 0.15) is 26.7 Å². The fourth-order valence-corrected chi connectivity index (χ4v) is 1.38. The van der Waals surface area contributed by atoms with Crippen LogP contribution in [0.15, 0.2) is 12.2 Å². The second-order valence-electron chi connectivity index (χ2n) is 3.64. The Morgan fingerprint density at radius 2 is 2.22 bits per heavy atom. The standard InChI is InChI=1S/C8H14O/c1-6-4-7(9)8(2,3)5-6/h7,9H,1,4-5H2,2-3H3. The normalized spacial score (nSPS) is 33.2. The third-order valence-electron chi connectivity index (χ3n) is 2.09. The molecule has 0 aliphatic heterocycles. The molecule has 1 aliphatic rings. The molecule has 9 heavy (non-hydrogen) atoms. The Kier molecular flexibility index (Phi) is 1.39. The van der Waals surface area contributed by atoms with Crippen molar-refractivity contribution in [2.75, 3.05) is 0 Å². The van der Waals surface area contributed by atoms with Gasteiger partial charge in [0.05, 0.1) is 6.10 Å². The van der Waals surface area contributed by atoms with E-state index in [1.54, 1.807) is 0 Å². The summed E-state index contributed by atoms with van der Waals surface area (Å²) >= 11 is 0. The smallest absolute Gasteiger partial charge is 0.0631 e. The third kappa shape index (κ3) is 1.16. The van der Waals surface area contributed by atoms with E-state index in [2.05, 4.69) is 20.4 Å². The van der Waals surface area contributed by atoms with E-state index in [0.717, 1.165) is 12.8 Å². The molecular formula is C8H14O. The summed E-state index contributed by atoms with van der Waals surface area (Å²) in [5.41, 5.74) is 1.27. The van der Waals surface area contributed by atoms with Gasteiger partial charge < -0.3 is 5.11 Å². The van der Waals surface area contributed by atoms with Gasteiger partial charge in [0, 0.05) is 0 Å². The first-order valence-electron chi connectivity index (χ1n) is 3.37. The molecule has 0 saturated heterocycles. The molecule has 1 rings (SSSR count). The third-order valence-corrected chi connectivity index (χ3v) is 2.09. The van der Waals surface area contributed by atoms with Crippen LogP contribution in [0.25, 0.3) is 0 Å². The Balaban J connectivity index is 2.69. The van der Waals surface area contributed by atoms with E-state index < -0.39 is 0 Å². The Hall–Kier alpha value is -0.300. The van der Waals surface area contributed by atoms with Gasteiger partial charge in [-0.25, -0.2) is 0 Å². The SMILES string of the molecule is C=C1CC(O)C(C)(C)C1. The van der Waals surface area contributed by atoms with Gasteiger partial charge in [0.2, 0.25) is 0 Å². The van der Waals surface area contributed by atoms with Crippen LogP contribution in [-0.4, -0.2) is 11.2 Å². The van der Waals surface area contributed by atoms with E-state index in [4.69, 9.17) is 0 Å². The molecule has 1 atom stereocenters. The molecule has 52 valence electrons. The highest BCUT2D eigenvalue weighted by Gasteiger charge is 2.34. The second kappa shape index (κ2) is 1.84.